The zero-order valence-corrected chi connectivity index (χ0v) is 21.5. The number of ketones is 1. The molecule has 2 aromatic carbocycles. The smallest absolute Gasteiger partial charge is 0.338 e. The number of fused-ring (bicyclic) bond motifs is 1. The molecular weight excluding hydrogens is 503 g/mol. The molecular formula is C27H24Cl2N2O5. The molecule has 0 atom stereocenters. The van der Waals surface area contributed by atoms with E-state index in [-0.39, 0.29) is 18.7 Å². The minimum absolute atomic E-state index is 0.122. The van der Waals surface area contributed by atoms with Crippen molar-refractivity contribution >= 4 is 46.5 Å². The van der Waals surface area contributed by atoms with Crippen LogP contribution in [0.15, 0.2) is 53.3 Å². The standard InChI is InChI=1S/C27H24Cl2N2O5/c1-27(2,3)36-26(35)15-4-7-17(8-5-15)30-23(33)14-31-21-10-11-22(32)25(21)19(13-24(31)34)18-12-16(28)6-9-20(18)29/h4-9,12-13H,10-11,14H2,1-3H3,(H,30,33). The van der Waals surface area contributed by atoms with Gasteiger partial charge < -0.3 is 14.6 Å². The minimum atomic E-state index is -0.619. The van der Waals surface area contributed by atoms with Gasteiger partial charge in [-0.2, -0.15) is 0 Å². The Labute approximate surface area is 218 Å². The molecule has 0 fully saturated rings. The van der Waals surface area contributed by atoms with Crippen molar-refractivity contribution in [1.82, 2.24) is 4.57 Å². The summed E-state index contributed by atoms with van der Waals surface area (Å²) in [5.41, 5.74) is 1.55. The normalized spacial score (nSPS) is 12.9. The van der Waals surface area contributed by atoms with Crippen molar-refractivity contribution in [3.05, 3.63) is 85.8 Å². The summed E-state index contributed by atoms with van der Waals surface area (Å²) in [7, 11) is 0. The third-order valence-electron chi connectivity index (χ3n) is 5.61. The summed E-state index contributed by atoms with van der Waals surface area (Å²) in [5, 5.41) is 3.52. The van der Waals surface area contributed by atoms with Gasteiger partial charge in [-0.25, -0.2) is 4.79 Å². The second-order valence-electron chi connectivity index (χ2n) is 9.48. The molecule has 0 radical (unpaired) electrons. The Balaban J connectivity index is 1.58. The lowest BCUT2D eigenvalue weighted by molar-refractivity contribution is -0.116. The number of anilines is 1. The number of ether oxygens (including phenoxy) is 1. The minimum Gasteiger partial charge on any atom is -0.456 e. The highest BCUT2D eigenvalue weighted by Crippen LogP contribution is 2.36. The maximum Gasteiger partial charge on any atom is 0.338 e. The summed E-state index contributed by atoms with van der Waals surface area (Å²) >= 11 is 12.5. The summed E-state index contributed by atoms with van der Waals surface area (Å²) in [6.07, 6.45) is 0.574. The molecule has 9 heteroatoms. The second-order valence-corrected chi connectivity index (χ2v) is 10.3. The number of hydrogen-bond donors (Lipinski definition) is 1. The van der Waals surface area contributed by atoms with E-state index in [1.54, 1.807) is 63.2 Å². The average Bonchev–Trinajstić information content (AvgIpc) is 3.18. The molecule has 1 aromatic heterocycles. The van der Waals surface area contributed by atoms with Gasteiger partial charge in [-0.1, -0.05) is 23.2 Å². The van der Waals surface area contributed by atoms with Crippen LogP contribution < -0.4 is 10.9 Å². The number of pyridine rings is 1. The summed E-state index contributed by atoms with van der Waals surface area (Å²) in [6.45, 7) is 5.07. The molecule has 7 nitrogen and oxygen atoms in total. The molecule has 3 aromatic rings. The lowest BCUT2D eigenvalue weighted by Crippen LogP contribution is -2.30. The first-order valence-electron chi connectivity index (χ1n) is 11.3. The van der Waals surface area contributed by atoms with Crippen LogP contribution in [0.2, 0.25) is 10.0 Å². The van der Waals surface area contributed by atoms with Crippen LogP contribution in [0.3, 0.4) is 0 Å². The van der Waals surface area contributed by atoms with Crippen molar-refractivity contribution in [2.75, 3.05) is 5.32 Å². The van der Waals surface area contributed by atoms with E-state index < -0.39 is 23.0 Å². The lowest BCUT2D eigenvalue weighted by atomic mass is 9.99. The predicted octanol–water partition coefficient (Wildman–Crippen LogP) is 5.55. The lowest BCUT2D eigenvalue weighted by Gasteiger charge is -2.19. The van der Waals surface area contributed by atoms with E-state index in [1.165, 1.54) is 10.6 Å². The highest BCUT2D eigenvalue weighted by molar-refractivity contribution is 6.35. The molecule has 0 saturated carbocycles. The number of halogens is 2. The zero-order valence-electron chi connectivity index (χ0n) is 20.0. The fourth-order valence-corrected chi connectivity index (χ4v) is 4.48. The van der Waals surface area contributed by atoms with E-state index >= 15 is 0 Å². The molecule has 0 aliphatic heterocycles. The van der Waals surface area contributed by atoms with Crippen molar-refractivity contribution in [3.63, 3.8) is 0 Å². The molecule has 1 heterocycles. The highest BCUT2D eigenvalue weighted by Gasteiger charge is 2.29. The van der Waals surface area contributed by atoms with Gasteiger partial charge in [0.1, 0.15) is 12.1 Å². The van der Waals surface area contributed by atoms with E-state index in [1.807, 2.05) is 0 Å². The fraction of sp³-hybridized carbons (Fsp3) is 0.259. The van der Waals surface area contributed by atoms with E-state index in [2.05, 4.69) is 5.32 Å². The van der Waals surface area contributed by atoms with Crippen molar-refractivity contribution in [2.45, 2.75) is 45.8 Å². The fourth-order valence-electron chi connectivity index (χ4n) is 4.09. The van der Waals surface area contributed by atoms with Crippen LogP contribution >= 0.6 is 23.2 Å². The van der Waals surface area contributed by atoms with Gasteiger partial charge in [-0.3, -0.25) is 14.4 Å². The molecule has 1 amide bonds. The number of carbonyl (C=O) groups is 3. The quantitative estimate of drug-likeness (QED) is 0.440. The van der Waals surface area contributed by atoms with Crippen LogP contribution in [0, 0.1) is 0 Å². The van der Waals surface area contributed by atoms with Gasteiger partial charge in [0.05, 0.1) is 5.56 Å². The topological polar surface area (TPSA) is 94.5 Å². The van der Waals surface area contributed by atoms with E-state index in [0.29, 0.717) is 50.1 Å². The Bertz CT molecular complexity index is 1440. The van der Waals surface area contributed by atoms with Crippen LogP contribution in [0.5, 0.6) is 0 Å². The molecule has 186 valence electrons. The van der Waals surface area contributed by atoms with Gasteiger partial charge in [0.2, 0.25) is 5.91 Å². The zero-order chi connectivity index (χ0) is 26.2. The molecule has 0 spiro atoms. The molecule has 1 aliphatic rings. The number of carbonyl (C=O) groups excluding carboxylic acids is 3. The van der Waals surface area contributed by atoms with E-state index in [0.717, 1.165) is 0 Å². The first-order chi connectivity index (χ1) is 16.9. The Kier molecular flexibility index (Phi) is 7.07. The Morgan fingerprint density at radius 3 is 2.33 bits per heavy atom. The van der Waals surface area contributed by atoms with Gasteiger partial charge in [-0.15, -0.1) is 0 Å². The molecule has 0 unspecified atom stereocenters. The summed E-state index contributed by atoms with van der Waals surface area (Å²) < 4.78 is 6.65. The number of Topliss-reactive ketones (excluding diaryl/α,β-unsaturated/α-hetero) is 1. The van der Waals surface area contributed by atoms with Crippen molar-refractivity contribution in [3.8, 4) is 11.1 Å². The van der Waals surface area contributed by atoms with Crippen molar-refractivity contribution < 1.29 is 19.1 Å². The number of esters is 1. The third kappa shape index (κ3) is 5.53. The van der Waals surface area contributed by atoms with E-state index in [9.17, 15) is 19.2 Å². The van der Waals surface area contributed by atoms with Crippen LogP contribution in [-0.4, -0.2) is 27.8 Å². The third-order valence-corrected chi connectivity index (χ3v) is 6.17. The molecule has 0 saturated heterocycles. The monoisotopic (exact) mass is 526 g/mol. The van der Waals surface area contributed by atoms with Crippen LogP contribution in [0.25, 0.3) is 11.1 Å². The molecule has 36 heavy (non-hydrogen) atoms. The number of amides is 1. The number of benzene rings is 2. The molecule has 0 bridgehead atoms. The van der Waals surface area contributed by atoms with Gasteiger partial charge in [0, 0.05) is 50.6 Å². The summed E-state index contributed by atoms with van der Waals surface area (Å²) in [4.78, 5) is 50.8. The molecule has 1 aliphatic carbocycles. The number of nitrogens with one attached hydrogen (secondary N) is 1. The Morgan fingerprint density at radius 2 is 1.67 bits per heavy atom. The first-order valence-corrected chi connectivity index (χ1v) is 12.1. The number of hydrogen-bond acceptors (Lipinski definition) is 5. The van der Waals surface area contributed by atoms with Gasteiger partial charge in [0.25, 0.3) is 5.56 Å². The number of nitrogens with zero attached hydrogens (tertiary/aromatic N) is 1. The highest BCUT2D eigenvalue weighted by atomic mass is 35.5. The maximum atomic E-state index is 13.0. The largest absolute Gasteiger partial charge is 0.456 e. The molecule has 1 N–H and O–H groups in total. The van der Waals surface area contributed by atoms with Crippen LogP contribution in [-0.2, 0) is 22.5 Å². The van der Waals surface area contributed by atoms with Gasteiger partial charge >= 0.3 is 5.97 Å². The van der Waals surface area contributed by atoms with Gasteiger partial charge in [0.15, 0.2) is 5.78 Å². The number of rotatable bonds is 5. The van der Waals surface area contributed by atoms with Crippen molar-refractivity contribution in [1.29, 1.82) is 0 Å². The predicted molar refractivity (Wildman–Crippen MR) is 139 cm³/mol. The second kappa shape index (κ2) is 9.91. The summed E-state index contributed by atoms with van der Waals surface area (Å²) in [5.74, 6) is -1.04. The Morgan fingerprint density at radius 1 is 0.972 bits per heavy atom. The van der Waals surface area contributed by atoms with Gasteiger partial charge in [-0.05, 0) is 69.7 Å². The van der Waals surface area contributed by atoms with Crippen LogP contribution in [0.1, 0.15) is 53.6 Å². The maximum absolute atomic E-state index is 13.0. The van der Waals surface area contributed by atoms with Crippen LogP contribution in [0.4, 0.5) is 5.69 Å². The molecule has 4 rings (SSSR count). The Hall–Kier alpha value is -3.42. The average molecular weight is 527 g/mol. The van der Waals surface area contributed by atoms with Crippen molar-refractivity contribution in [2.24, 2.45) is 0 Å². The summed E-state index contributed by atoms with van der Waals surface area (Å²) in [6, 6.07) is 12.4. The SMILES string of the molecule is CC(C)(C)OC(=O)c1ccc(NC(=O)Cn2c3c(c(-c4cc(Cl)ccc4Cl)cc2=O)C(=O)CC3)cc1. The first kappa shape index (κ1) is 25.7. The number of aromatic nitrogens is 1. The van der Waals surface area contributed by atoms with E-state index in [4.69, 9.17) is 27.9 Å².